The van der Waals surface area contributed by atoms with Crippen molar-refractivity contribution in [1.29, 1.82) is 26.5 Å². The van der Waals surface area contributed by atoms with Gasteiger partial charge in [-0.3, -0.25) is 10.4 Å². The lowest BCUT2D eigenvalue weighted by atomic mass is 10.0. The minimum atomic E-state index is -0.308. The molecule has 0 aliphatic carbocycles. The number of hydrogen-bond acceptors (Lipinski definition) is 6. The van der Waals surface area contributed by atoms with Gasteiger partial charge in [-0.15, -0.1) is 0 Å². The van der Waals surface area contributed by atoms with Gasteiger partial charge in [-0.05, 0) is 12.3 Å². The molecule has 7 nitrogen and oxygen atoms in total. The van der Waals surface area contributed by atoms with Crippen molar-refractivity contribution in [3.63, 3.8) is 0 Å². The Kier molecular flexibility index (Phi) is 8.64. The maximum absolute atomic E-state index is 9.36. The van der Waals surface area contributed by atoms with E-state index in [1.54, 1.807) is 12.1 Å². The predicted molar refractivity (Wildman–Crippen MR) is 96.6 cm³/mol. The van der Waals surface area contributed by atoms with E-state index in [1.165, 1.54) is 19.3 Å². The molecule has 2 N–H and O–H groups in total. The standard InChI is InChI=1S/C19H19N7/c1-2-3-4-5-6-7-8-25-19-17(13-24)16(12-23)18(26-19)15(11-22)14(9-20)10-21/h20H,2-8H2,1H3,(H,25,26)/b18-15-. The normalized spacial score (nSPS) is 16.0. The van der Waals surface area contributed by atoms with Crippen LogP contribution in [-0.2, 0) is 0 Å². The van der Waals surface area contributed by atoms with E-state index in [-0.39, 0.29) is 33.8 Å². The average Bonchev–Trinajstić information content (AvgIpc) is 3.02. The lowest BCUT2D eigenvalue weighted by Crippen LogP contribution is -2.19. The van der Waals surface area contributed by atoms with Crippen LogP contribution in [0.3, 0.4) is 0 Å². The van der Waals surface area contributed by atoms with E-state index in [0.717, 1.165) is 19.3 Å². The first-order valence-corrected chi connectivity index (χ1v) is 8.39. The summed E-state index contributed by atoms with van der Waals surface area (Å²) in [5.41, 5.74) is -0.476. The number of nitrogens with zero attached hydrogens (tertiary/aromatic N) is 5. The van der Waals surface area contributed by atoms with E-state index in [4.69, 9.17) is 10.7 Å². The Morgan fingerprint density at radius 3 is 2.15 bits per heavy atom. The van der Waals surface area contributed by atoms with Gasteiger partial charge in [0.1, 0.15) is 46.8 Å². The van der Waals surface area contributed by atoms with Gasteiger partial charge < -0.3 is 5.32 Å². The molecule has 1 rings (SSSR count). The third kappa shape index (κ3) is 4.93. The Balaban J connectivity index is 3.05. The maximum Gasteiger partial charge on any atom is 0.145 e. The predicted octanol–water partition coefficient (Wildman–Crippen LogP) is 3.17. The van der Waals surface area contributed by atoms with Crippen molar-refractivity contribution < 1.29 is 0 Å². The summed E-state index contributed by atoms with van der Waals surface area (Å²) in [4.78, 5) is 4.34. The van der Waals surface area contributed by atoms with Crippen LogP contribution in [0.2, 0.25) is 0 Å². The van der Waals surface area contributed by atoms with Gasteiger partial charge in [0.2, 0.25) is 0 Å². The van der Waals surface area contributed by atoms with Crippen molar-refractivity contribution in [3.05, 3.63) is 28.0 Å². The topological polar surface area (TPSA) is 143 Å². The number of nitriles is 4. The average molecular weight is 345 g/mol. The molecule has 1 aliphatic heterocycles. The third-order valence-electron chi connectivity index (χ3n) is 3.83. The summed E-state index contributed by atoms with van der Waals surface area (Å²) in [7, 11) is 0. The highest BCUT2D eigenvalue weighted by Gasteiger charge is 2.29. The van der Waals surface area contributed by atoms with Crippen LogP contribution in [0, 0.1) is 50.7 Å². The van der Waals surface area contributed by atoms with Gasteiger partial charge in [0.15, 0.2) is 0 Å². The smallest absolute Gasteiger partial charge is 0.145 e. The Hall–Kier alpha value is -3.64. The van der Waals surface area contributed by atoms with Gasteiger partial charge in [0.05, 0.1) is 11.3 Å². The molecule has 0 fully saturated rings. The van der Waals surface area contributed by atoms with Gasteiger partial charge >= 0.3 is 0 Å². The number of nitrogens with one attached hydrogen (secondary N) is 2. The number of allylic oxidation sites excluding steroid dienone is 3. The molecule has 0 aromatic heterocycles. The molecule has 1 aliphatic rings. The summed E-state index contributed by atoms with van der Waals surface area (Å²) in [5.74, 6) is 2.10. The van der Waals surface area contributed by atoms with Crippen molar-refractivity contribution in [2.24, 2.45) is 4.99 Å². The van der Waals surface area contributed by atoms with Crippen LogP contribution in [-0.4, -0.2) is 18.3 Å². The molecule has 0 aromatic rings. The molecule has 1 heterocycles. The fourth-order valence-electron chi connectivity index (χ4n) is 2.48. The molecular weight excluding hydrogens is 326 g/mol. The lowest BCUT2D eigenvalue weighted by Gasteiger charge is -2.04. The summed E-state index contributed by atoms with van der Waals surface area (Å²) in [5, 5.41) is 46.9. The van der Waals surface area contributed by atoms with E-state index >= 15 is 0 Å². The zero-order valence-electron chi connectivity index (χ0n) is 14.7. The second-order valence-corrected chi connectivity index (χ2v) is 5.57. The number of unbranched alkanes of at least 4 members (excludes halogenated alkanes) is 5. The monoisotopic (exact) mass is 345 g/mol. The summed E-state index contributed by atoms with van der Waals surface area (Å²) in [6, 6.07) is 7.30. The lowest BCUT2D eigenvalue weighted by molar-refractivity contribution is 0.612. The zero-order chi connectivity index (χ0) is 19.4. The Bertz CT molecular complexity index is 854. The third-order valence-corrected chi connectivity index (χ3v) is 3.83. The Morgan fingerprint density at radius 2 is 1.62 bits per heavy atom. The van der Waals surface area contributed by atoms with Crippen LogP contribution in [0.25, 0.3) is 0 Å². The van der Waals surface area contributed by atoms with Crippen LogP contribution < -0.4 is 5.32 Å². The van der Waals surface area contributed by atoms with Gasteiger partial charge in [-0.1, -0.05) is 39.0 Å². The highest BCUT2D eigenvalue weighted by atomic mass is 15.0. The maximum atomic E-state index is 9.36. The Labute approximate surface area is 153 Å². The number of aliphatic imine (C=N–C) groups is 1. The van der Waals surface area contributed by atoms with Crippen molar-refractivity contribution in [1.82, 2.24) is 5.32 Å². The zero-order valence-corrected chi connectivity index (χ0v) is 14.7. The van der Waals surface area contributed by atoms with Crippen molar-refractivity contribution >= 4 is 11.7 Å². The van der Waals surface area contributed by atoms with E-state index < -0.39 is 0 Å². The number of rotatable bonds is 8. The molecule has 0 saturated heterocycles. The molecule has 130 valence electrons. The largest absolute Gasteiger partial charge is 0.337 e. The van der Waals surface area contributed by atoms with Gasteiger partial charge in [-0.25, -0.2) is 0 Å². The quantitative estimate of drug-likeness (QED) is 0.394. The summed E-state index contributed by atoms with van der Waals surface area (Å²) >= 11 is 0. The van der Waals surface area contributed by atoms with Crippen LogP contribution in [0.4, 0.5) is 0 Å². The fraction of sp³-hybridized carbons (Fsp3) is 0.421. The SMILES string of the molecule is CCCCCCCCN=C1N/C(=C(/C#N)C(=C=N)C#N)C(C#N)=C1C#N. The molecule has 26 heavy (non-hydrogen) atoms. The summed E-state index contributed by atoms with van der Waals surface area (Å²) < 4.78 is 0. The fourth-order valence-corrected chi connectivity index (χ4v) is 2.48. The molecule has 0 saturated carbocycles. The molecule has 7 heteroatoms. The van der Waals surface area contributed by atoms with Gasteiger partial charge in [0, 0.05) is 6.54 Å². The second-order valence-electron chi connectivity index (χ2n) is 5.57. The van der Waals surface area contributed by atoms with E-state index in [2.05, 4.69) is 17.2 Å². The Morgan fingerprint density at radius 1 is 0.962 bits per heavy atom. The van der Waals surface area contributed by atoms with E-state index in [9.17, 15) is 15.8 Å². The van der Waals surface area contributed by atoms with E-state index in [0.29, 0.717) is 6.54 Å². The first kappa shape index (κ1) is 20.4. The van der Waals surface area contributed by atoms with Crippen LogP contribution in [0.1, 0.15) is 45.4 Å². The minimum Gasteiger partial charge on any atom is -0.337 e. The molecule has 0 amide bonds. The van der Waals surface area contributed by atoms with Gasteiger partial charge in [0.25, 0.3) is 0 Å². The molecule has 0 spiro atoms. The molecular formula is C19H19N7. The first-order valence-electron chi connectivity index (χ1n) is 8.39. The molecule has 0 radical (unpaired) electrons. The number of hydrogen-bond donors (Lipinski definition) is 2. The van der Waals surface area contributed by atoms with Crippen molar-refractivity contribution in [3.8, 4) is 24.3 Å². The first-order chi connectivity index (χ1) is 12.7. The molecule has 0 unspecified atom stereocenters. The second kappa shape index (κ2) is 11.0. The molecule has 0 atom stereocenters. The minimum absolute atomic E-state index is 0.0320. The van der Waals surface area contributed by atoms with Crippen molar-refractivity contribution in [2.45, 2.75) is 45.4 Å². The molecule has 0 aromatic carbocycles. The van der Waals surface area contributed by atoms with Crippen LogP contribution in [0.5, 0.6) is 0 Å². The van der Waals surface area contributed by atoms with Crippen LogP contribution >= 0.6 is 0 Å². The summed E-state index contributed by atoms with van der Waals surface area (Å²) in [6.07, 6.45) is 6.63. The number of amidine groups is 1. The van der Waals surface area contributed by atoms with Gasteiger partial charge in [-0.2, -0.15) is 21.0 Å². The highest BCUT2D eigenvalue weighted by molar-refractivity contribution is 6.09. The van der Waals surface area contributed by atoms with E-state index in [1.807, 2.05) is 18.0 Å². The van der Waals surface area contributed by atoms with Crippen LogP contribution in [0.15, 0.2) is 33.0 Å². The van der Waals surface area contributed by atoms with Crippen molar-refractivity contribution in [2.75, 3.05) is 6.54 Å². The highest BCUT2D eigenvalue weighted by Crippen LogP contribution is 2.26. The summed E-state index contributed by atoms with van der Waals surface area (Å²) in [6.45, 7) is 2.66. The molecule has 0 bridgehead atoms.